The predicted molar refractivity (Wildman–Crippen MR) is 94.5 cm³/mol. The second kappa shape index (κ2) is 7.55. The van der Waals surface area contributed by atoms with Crippen LogP contribution in [0.4, 0.5) is 0 Å². The number of nitrogens with zero attached hydrogens (tertiary/aromatic N) is 5. The van der Waals surface area contributed by atoms with Crippen molar-refractivity contribution < 1.29 is 9.47 Å². The van der Waals surface area contributed by atoms with Crippen molar-refractivity contribution in [3.63, 3.8) is 0 Å². The van der Waals surface area contributed by atoms with Gasteiger partial charge in [-0.25, -0.2) is 4.68 Å². The van der Waals surface area contributed by atoms with Crippen molar-refractivity contribution in [1.29, 1.82) is 0 Å². The highest BCUT2D eigenvalue weighted by atomic mass is 16.5. The zero-order valence-electron chi connectivity index (χ0n) is 15.7. The van der Waals surface area contributed by atoms with Gasteiger partial charge in [-0.15, -0.1) is 0 Å². The maximum atomic E-state index is 6.07. The zero-order chi connectivity index (χ0) is 18.0. The van der Waals surface area contributed by atoms with Crippen LogP contribution in [-0.2, 0) is 25.4 Å². The minimum Gasteiger partial charge on any atom is -0.481 e. The van der Waals surface area contributed by atoms with Gasteiger partial charge >= 0.3 is 0 Å². The summed E-state index contributed by atoms with van der Waals surface area (Å²) in [7, 11) is 7.69. The molecule has 0 aromatic carbocycles. The topological polar surface area (TPSA) is 69.4 Å². The van der Waals surface area contributed by atoms with E-state index in [9.17, 15) is 0 Å². The maximum absolute atomic E-state index is 6.07. The van der Waals surface area contributed by atoms with E-state index in [1.807, 2.05) is 31.9 Å². The van der Waals surface area contributed by atoms with E-state index >= 15 is 0 Å². The van der Waals surface area contributed by atoms with Crippen molar-refractivity contribution in [1.82, 2.24) is 29.8 Å². The summed E-state index contributed by atoms with van der Waals surface area (Å²) in [5.41, 5.74) is 3.24. The standard InChI is InChI=1S/C17H28N6O2/c1-12-13(17(24-5)23(4)20-12)10-18-11-15-16(21(2)8-9-25-15)14-6-7-19-22(14)3/h6-7,15-16,18H,8-11H2,1-5H3/t15-,16-/m0/s1. The fourth-order valence-corrected chi connectivity index (χ4v) is 3.60. The molecule has 138 valence electrons. The molecule has 0 spiro atoms. The lowest BCUT2D eigenvalue weighted by Gasteiger charge is -2.39. The SMILES string of the molecule is COc1c(CNC[C@@H]2OCCN(C)[C@H]2c2ccnn2C)c(C)nn1C. The minimum atomic E-state index is 0.0668. The molecule has 1 fully saturated rings. The van der Waals surface area contributed by atoms with Crippen LogP contribution in [-0.4, -0.2) is 64.4 Å². The highest BCUT2D eigenvalue weighted by Gasteiger charge is 2.33. The van der Waals surface area contributed by atoms with E-state index in [1.54, 1.807) is 11.8 Å². The smallest absolute Gasteiger partial charge is 0.216 e. The molecule has 1 aliphatic rings. The minimum absolute atomic E-state index is 0.0668. The molecule has 0 amide bonds. The number of aryl methyl sites for hydroxylation is 3. The van der Waals surface area contributed by atoms with Gasteiger partial charge in [-0.2, -0.15) is 10.2 Å². The van der Waals surface area contributed by atoms with Gasteiger partial charge in [0.05, 0.1) is 42.8 Å². The fourth-order valence-electron chi connectivity index (χ4n) is 3.60. The monoisotopic (exact) mass is 348 g/mol. The number of methoxy groups -OCH3 is 1. The molecule has 8 nitrogen and oxygen atoms in total. The molecule has 0 saturated carbocycles. The van der Waals surface area contributed by atoms with Crippen LogP contribution in [0.3, 0.4) is 0 Å². The van der Waals surface area contributed by atoms with Gasteiger partial charge < -0.3 is 14.8 Å². The van der Waals surface area contributed by atoms with Crippen LogP contribution in [0.2, 0.25) is 0 Å². The summed E-state index contributed by atoms with van der Waals surface area (Å²) in [6.07, 6.45) is 1.91. The van der Waals surface area contributed by atoms with Crippen LogP contribution in [0.25, 0.3) is 0 Å². The van der Waals surface area contributed by atoms with Crippen molar-refractivity contribution in [3.05, 3.63) is 29.2 Å². The molecular weight excluding hydrogens is 320 g/mol. The molecule has 0 bridgehead atoms. The molecule has 1 N–H and O–H groups in total. The molecule has 0 radical (unpaired) electrons. The Kier molecular flexibility index (Phi) is 5.41. The lowest BCUT2D eigenvalue weighted by atomic mass is 10.0. The van der Waals surface area contributed by atoms with Crippen molar-refractivity contribution in [3.8, 4) is 5.88 Å². The molecule has 8 heteroatoms. The van der Waals surface area contributed by atoms with Crippen molar-refractivity contribution in [2.24, 2.45) is 14.1 Å². The molecule has 2 aromatic rings. The number of aromatic nitrogens is 4. The number of ether oxygens (including phenoxy) is 2. The largest absolute Gasteiger partial charge is 0.481 e. The molecule has 25 heavy (non-hydrogen) atoms. The van der Waals surface area contributed by atoms with Crippen molar-refractivity contribution in [2.75, 3.05) is 33.9 Å². The van der Waals surface area contributed by atoms with Crippen molar-refractivity contribution >= 4 is 0 Å². The second-order valence-electron chi connectivity index (χ2n) is 6.54. The lowest BCUT2D eigenvalue weighted by molar-refractivity contribution is -0.0639. The van der Waals surface area contributed by atoms with Crippen molar-refractivity contribution in [2.45, 2.75) is 25.6 Å². The van der Waals surface area contributed by atoms with Crippen LogP contribution in [0.1, 0.15) is 23.0 Å². The molecule has 0 unspecified atom stereocenters. The average Bonchev–Trinajstić information content (AvgIpc) is 3.10. The molecule has 0 aliphatic carbocycles. The van der Waals surface area contributed by atoms with Gasteiger partial charge in [0, 0.05) is 39.9 Å². The maximum Gasteiger partial charge on any atom is 0.216 e. The first-order valence-electron chi connectivity index (χ1n) is 8.59. The van der Waals surface area contributed by atoms with Gasteiger partial charge in [-0.3, -0.25) is 9.58 Å². The molecular formula is C17H28N6O2. The summed E-state index contributed by atoms with van der Waals surface area (Å²) in [5, 5.41) is 12.3. The highest BCUT2D eigenvalue weighted by molar-refractivity contribution is 5.30. The quantitative estimate of drug-likeness (QED) is 0.826. The summed E-state index contributed by atoms with van der Waals surface area (Å²) in [5.74, 6) is 0.801. The van der Waals surface area contributed by atoms with Gasteiger partial charge in [-0.1, -0.05) is 0 Å². The van der Waals surface area contributed by atoms with Gasteiger partial charge in [-0.05, 0) is 20.0 Å². The first-order valence-corrected chi connectivity index (χ1v) is 8.59. The van der Waals surface area contributed by atoms with Gasteiger partial charge in [0.1, 0.15) is 0 Å². The number of likely N-dealkylation sites (N-methyl/N-ethyl adjacent to an activating group) is 1. The summed E-state index contributed by atoms with van der Waals surface area (Å²) in [4.78, 5) is 2.34. The number of nitrogens with one attached hydrogen (secondary N) is 1. The van der Waals surface area contributed by atoms with Crippen LogP contribution in [0, 0.1) is 6.92 Å². The first kappa shape index (κ1) is 17.9. The van der Waals surface area contributed by atoms with Gasteiger partial charge in [0.2, 0.25) is 5.88 Å². The van der Waals surface area contributed by atoms with Crippen LogP contribution >= 0.6 is 0 Å². The Morgan fingerprint density at radius 1 is 1.32 bits per heavy atom. The lowest BCUT2D eigenvalue weighted by Crippen LogP contribution is -2.48. The molecule has 3 heterocycles. The third kappa shape index (κ3) is 3.56. The molecule has 1 saturated heterocycles. The van der Waals surface area contributed by atoms with E-state index in [1.165, 1.54) is 5.69 Å². The fraction of sp³-hybridized carbons (Fsp3) is 0.647. The summed E-state index contributed by atoms with van der Waals surface area (Å²) < 4.78 is 15.2. The van der Waals surface area contributed by atoms with Crippen LogP contribution < -0.4 is 10.1 Å². The Labute approximate surface area is 148 Å². The van der Waals surface area contributed by atoms with E-state index in [4.69, 9.17) is 9.47 Å². The van der Waals surface area contributed by atoms with E-state index < -0.39 is 0 Å². The Bertz CT molecular complexity index is 710. The molecule has 2 atom stereocenters. The van der Waals surface area contributed by atoms with Gasteiger partial charge in [0.25, 0.3) is 0 Å². The number of morpholine rings is 1. The van der Waals surface area contributed by atoms with Crippen LogP contribution in [0.15, 0.2) is 12.3 Å². The Morgan fingerprint density at radius 2 is 2.12 bits per heavy atom. The molecule has 2 aromatic heterocycles. The normalized spacial score (nSPS) is 21.6. The van der Waals surface area contributed by atoms with Gasteiger partial charge in [0.15, 0.2) is 0 Å². The predicted octanol–water partition coefficient (Wildman–Crippen LogP) is 0.632. The zero-order valence-corrected chi connectivity index (χ0v) is 15.7. The molecule has 1 aliphatic heterocycles. The van der Waals surface area contributed by atoms with E-state index in [2.05, 4.69) is 33.5 Å². The highest BCUT2D eigenvalue weighted by Crippen LogP contribution is 2.28. The Morgan fingerprint density at radius 3 is 2.80 bits per heavy atom. The molecule has 3 rings (SSSR count). The van der Waals surface area contributed by atoms with E-state index in [0.29, 0.717) is 6.54 Å². The summed E-state index contributed by atoms with van der Waals surface area (Å²) in [6, 6.07) is 2.25. The van der Waals surface area contributed by atoms with Crippen LogP contribution in [0.5, 0.6) is 5.88 Å². The van der Waals surface area contributed by atoms with E-state index in [0.717, 1.165) is 36.8 Å². The first-order chi connectivity index (χ1) is 12.0. The summed E-state index contributed by atoms with van der Waals surface area (Å²) in [6.45, 7) is 5.11. The third-order valence-corrected chi connectivity index (χ3v) is 4.89. The number of rotatable bonds is 6. The Hall–Kier alpha value is -1.90. The number of hydrogen-bond donors (Lipinski definition) is 1. The number of hydrogen-bond acceptors (Lipinski definition) is 6. The second-order valence-corrected chi connectivity index (χ2v) is 6.54. The summed E-state index contributed by atoms with van der Waals surface area (Å²) >= 11 is 0. The van der Waals surface area contributed by atoms with E-state index in [-0.39, 0.29) is 12.1 Å². The average molecular weight is 348 g/mol. The Balaban J connectivity index is 1.68. The third-order valence-electron chi connectivity index (χ3n) is 4.89.